The van der Waals surface area contributed by atoms with Crippen LogP contribution >= 0.6 is 0 Å². The molecule has 0 bridgehead atoms. The van der Waals surface area contributed by atoms with E-state index in [2.05, 4.69) is 22.4 Å². The molecule has 0 aromatic carbocycles. The van der Waals surface area contributed by atoms with Gasteiger partial charge in [0.1, 0.15) is 11.9 Å². The number of nitrogens with zero attached hydrogens (tertiary/aromatic N) is 4. The Hall–Kier alpha value is -1.80. The number of carbonyl (C=O) groups excluding carboxylic acids is 1. The largest absolute Gasteiger partial charge is 0.377 e. The van der Waals surface area contributed by atoms with Crippen molar-refractivity contribution in [1.82, 2.24) is 10.3 Å². The summed E-state index contributed by atoms with van der Waals surface area (Å²) in [5.41, 5.74) is 4.14. The van der Waals surface area contributed by atoms with Crippen LogP contribution in [-0.2, 0) is 14.3 Å². The molecule has 27 heavy (non-hydrogen) atoms. The van der Waals surface area contributed by atoms with Gasteiger partial charge in [0, 0.05) is 38.5 Å². The number of nitrogens with one attached hydrogen (secondary N) is 1. The Kier molecular flexibility index (Phi) is 5.27. The Balaban J connectivity index is 1.47. The van der Waals surface area contributed by atoms with Crippen LogP contribution in [0.3, 0.4) is 0 Å². The monoisotopic (exact) mass is 375 g/mol. The summed E-state index contributed by atoms with van der Waals surface area (Å²) in [5, 5.41) is 4.39. The summed E-state index contributed by atoms with van der Waals surface area (Å²) < 4.78 is 10.9. The van der Waals surface area contributed by atoms with Gasteiger partial charge in [-0.05, 0) is 25.7 Å². The van der Waals surface area contributed by atoms with Gasteiger partial charge in [-0.1, -0.05) is 6.92 Å². The van der Waals surface area contributed by atoms with Gasteiger partial charge in [-0.25, -0.2) is 0 Å². The third-order valence-corrected chi connectivity index (χ3v) is 6.26. The minimum absolute atomic E-state index is 0.0467. The van der Waals surface area contributed by atoms with Gasteiger partial charge >= 0.3 is 0 Å². The number of amides is 1. The summed E-state index contributed by atoms with van der Waals surface area (Å²) >= 11 is 0. The number of hydrazone groups is 1. The molecule has 148 valence electrons. The molecule has 0 radical (unpaired) electrons. The van der Waals surface area contributed by atoms with Crippen LogP contribution in [0.25, 0.3) is 0 Å². The minimum Gasteiger partial charge on any atom is -0.377 e. The van der Waals surface area contributed by atoms with Gasteiger partial charge in [-0.3, -0.25) is 19.7 Å². The van der Waals surface area contributed by atoms with Gasteiger partial charge in [-0.2, -0.15) is 5.10 Å². The Bertz CT molecular complexity index is 676. The molecule has 1 fully saturated rings. The maximum Gasteiger partial charge on any atom is 0.237 e. The molecule has 4 heterocycles. The van der Waals surface area contributed by atoms with Crippen molar-refractivity contribution in [2.75, 3.05) is 20.8 Å². The fourth-order valence-electron chi connectivity index (χ4n) is 4.55. The molecule has 1 saturated heterocycles. The summed E-state index contributed by atoms with van der Waals surface area (Å²) in [4.78, 5) is 24.2. The van der Waals surface area contributed by atoms with Crippen LogP contribution in [-0.4, -0.2) is 73.7 Å². The molecule has 0 spiro atoms. The first kappa shape index (κ1) is 18.6. The molecular weight excluding hydrogens is 346 g/mol. The lowest BCUT2D eigenvalue weighted by Gasteiger charge is -2.33. The Labute approximate surface area is 160 Å². The van der Waals surface area contributed by atoms with E-state index >= 15 is 0 Å². The van der Waals surface area contributed by atoms with Crippen LogP contribution in [0.1, 0.15) is 39.0 Å². The van der Waals surface area contributed by atoms with Crippen molar-refractivity contribution in [2.24, 2.45) is 26.9 Å². The maximum atomic E-state index is 12.9. The molecule has 0 aromatic rings. The predicted molar refractivity (Wildman–Crippen MR) is 103 cm³/mol. The average molecular weight is 375 g/mol. The number of rotatable bonds is 4. The number of methoxy groups -OCH3 is 2. The zero-order valence-corrected chi connectivity index (χ0v) is 16.3. The van der Waals surface area contributed by atoms with Gasteiger partial charge in [0.25, 0.3) is 0 Å². The highest BCUT2D eigenvalue weighted by Gasteiger charge is 2.44. The quantitative estimate of drug-likeness (QED) is 0.800. The number of likely N-dealkylation sites (tertiary alicyclic amines) is 1. The highest BCUT2D eigenvalue weighted by atomic mass is 16.5. The highest BCUT2D eigenvalue weighted by Crippen LogP contribution is 2.34. The lowest BCUT2D eigenvalue weighted by atomic mass is 9.84. The van der Waals surface area contributed by atoms with Gasteiger partial charge < -0.3 is 14.9 Å². The van der Waals surface area contributed by atoms with E-state index in [1.807, 2.05) is 11.1 Å². The third-order valence-electron chi connectivity index (χ3n) is 6.26. The molecule has 6 atom stereocenters. The first-order valence-corrected chi connectivity index (χ1v) is 9.93. The van der Waals surface area contributed by atoms with Crippen LogP contribution in [0.5, 0.6) is 0 Å². The fraction of sp³-hybridized carbons (Fsp3) is 0.789. The molecule has 1 amide bonds. The second-order valence-electron chi connectivity index (χ2n) is 7.81. The first-order valence-electron chi connectivity index (χ1n) is 9.93. The van der Waals surface area contributed by atoms with Crippen molar-refractivity contribution >= 4 is 23.7 Å². The number of fused-ring (bicyclic) bond motifs is 1. The Morgan fingerprint density at radius 2 is 2.15 bits per heavy atom. The van der Waals surface area contributed by atoms with Crippen molar-refractivity contribution in [3.8, 4) is 0 Å². The Morgan fingerprint density at radius 1 is 1.30 bits per heavy atom. The number of amidine groups is 1. The third kappa shape index (κ3) is 3.40. The molecule has 4 aliphatic heterocycles. The number of carbonyl (C=O) groups is 1. The SMILES string of the molecule is CCC1CC(N2CC3=NC(C4C=NC(OC)C(OC)C4)CCC3C2=O)=NN1. The van der Waals surface area contributed by atoms with Crippen LogP contribution in [0.2, 0.25) is 0 Å². The van der Waals surface area contributed by atoms with E-state index in [4.69, 9.17) is 14.5 Å². The van der Waals surface area contributed by atoms with Crippen LogP contribution in [0, 0.1) is 11.8 Å². The molecule has 8 heteroatoms. The summed E-state index contributed by atoms with van der Waals surface area (Å²) in [6, 6.07) is 0.499. The van der Waals surface area contributed by atoms with E-state index < -0.39 is 0 Å². The summed E-state index contributed by atoms with van der Waals surface area (Å²) in [6.07, 6.45) is 6.11. The summed E-state index contributed by atoms with van der Waals surface area (Å²) in [6.45, 7) is 2.71. The Morgan fingerprint density at radius 3 is 2.85 bits per heavy atom. The second kappa shape index (κ2) is 7.67. The van der Waals surface area contributed by atoms with Crippen molar-refractivity contribution in [3.05, 3.63) is 0 Å². The van der Waals surface area contributed by atoms with Crippen molar-refractivity contribution in [3.63, 3.8) is 0 Å². The molecule has 4 aliphatic rings. The van der Waals surface area contributed by atoms with Crippen LogP contribution in [0.4, 0.5) is 0 Å². The number of ether oxygens (including phenoxy) is 2. The van der Waals surface area contributed by atoms with Gasteiger partial charge in [0.2, 0.25) is 5.91 Å². The van der Waals surface area contributed by atoms with Gasteiger partial charge in [-0.15, -0.1) is 0 Å². The average Bonchev–Trinajstić information content (AvgIpc) is 3.31. The van der Waals surface area contributed by atoms with E-state index in [0.29, 0.717) is 12.6 Å². The molecule has 6 unspecified atom stereocenters. The molecule has 4 rings (SSSR count). The van der Waals surface area contributed by atoms with E-state index in [0.717, 1.165) is 43.7 Å². The van der Waals surface area contributed by atoms with Crippen molar-refractivity contribution in [1.29, 1.82) is 0 Å². The van der Waals surface area contributed by atoms with E-state index in [9.17, 15) is 4.79 Å². The van der Waals surface area contributed by atoms with E-state index in [1.165, 1.54) is 0 Å². The number of aliphatic imine (C=N–C) groups is 2. The lowest BCUT2D eigenvalue weighted by molar-refractivity contribution is -0.127. The maximum absolute atomic E-state index is 12.9. The molecule has 0 aliphatic carbocycles. The zero-order valence-electron chi connectivity index (χ0n) is 16.3. The van der Waals surface area contributed by atoms with E-state index in [-0.39, 0.29) is 36.1 Å². The van der Waals surface area contributed by atoms with Crippen molar-refractivity contribution < 1.29 is 14.3 Å². The molecule has 0 aromatic heterocycles. The number of hydrogen-bond donors (Lipinski definition) is 1. The second-order valence-corrected chi connectivity index (χ2v) is 7.81. The summed E-state index contributed by atoms with van der Waals surface area (Å²) in [5.74, 6) is 1.18. The zero-order chi connectivity index (χ0) is 19.0. The minimum atomic E-state index is -0.238. The molecule has 0 saturated carbocycles. The topological polar surface area (TPSA) is 87.9 Å². The van der Waals surface area contributed by atoms with Gasteiger partial charge in [0.05, 0.1) is 24.5 Å². The standard InChI is InChI=1S/C19H29N5O3/c1-4-12-8-17(23-22-12)24-10-15-13(19(24)25)5-6-14(21-15)11-7-16(26-2)18(27-3)20-9-11/h9,11-14,16,18,22H,4-8,10H2,1-3H3. The predicted octanol–water partition coefficient (Wildman–Crippen LogP) is 1.21. The molecule has 1 N–H and O–H groups in total. The number of hydrogen-bond acceptors (Lipinski definition) is 7. The lowest BCUT2D eigenvalue weighted by Crippen LogP contribution is -2.40. The molecular formula is C19H29N5O3. The molecule has 8 nitrogen and oxygen atoms in total. The van der Waals surface area contributed by atoms with Crippen molar-refractivity contribution in [2.45, 2.75) is 63.4 Å². The first-order chi connectivity index (χ1) is 13.1. The normalized spacial score (nSPS) is 38.5. The van der Waals surface area contributed by atoms with Gasteiger partial charge in [0.15, 0.2) is 6.23 Å². The van der Waals surface area contributed by atoms with Crippen LogP contribution < -0.4 is 5.43 Å². The van der Waals surface area contributed by atoms with E-state index in [1.54, 1.807) is 14.2 Å². The highest BCUT2D eigenvalue weighted by molar-refractivity contribution is 6.18. The fourth-order valence-corrected chi connectivity index (χ4v) is 4.55. The smallest absolute Gasteiger partial charge is 0.237 e. The summed E-state index contributed by atoms with van der Waals surface area (Å²) in [7, 11) is 3.35. The van der Waals surface area contributed by atoms with Crippen LogP contribution in [0.15, 0.2) is 15.1 Å².